The number of aromatic nitrogens is 1. The maximum atomic E-state index is 13.9. The summed E-state index contributed by atoms with van der Waals surface area (Å²) >= 11 is 0. The molecule has 1 aliphatic carbocycles. The molecule has 2 heterocycles. The molecule has 0 spiro atoms. The largest absolute Gasteiger partial charge is 0.497 e. The molecule has 0 bridgehead atoms. The second kappa shape index (κ2) is 9.67. The fourth-order valence-corrected chi connectivity index (χ4v) is 5.39. The van der Waals surface area contributed by atoms with E-state index in [0.717, 1.165) is 42.6 Å². The summed E-state index contributed by atoms with van der Waals surface area (Å²) in [5.41, 5.74) is 2.29. The first-order valence-corrected chi connectivity index (χ1v) is 11.9. The lowest BCUT2D eigenvalue weighted by Gasteiger charge is -2.46. The number of carbonyl (C=O) groups is 2. The SMILES string of the molecule is COc1ccc(C2C(C(=O)Nc3ccccn3)c3ccccc3C(=O)N2C2CCCCC2)cc1. The van der Waals surface area contributed by atoms with Gasteiger partial charge in [-0.25, -0.2) is 4.98 Å². The number of rotatable bonds is 5. The van der Waals surface area contributed by atoms with Crippen molar-refractivity contribution < 1.29 is 14.3 Å². The molecule has 1 fully saturated rings. The zero-order valence-electron chi connectivity index (χ0n) is 19.3. The average molecular weight is 456 g/mol. The zero-order valence-corrected chi connectivity index (χ0v) is 19.3. The Labute approximate surface area is 200 Å². The summed E-state index contributed by atoms with van der Waals surface area (Å²) in [6.07, 6.45) is 6.94. The van der Waals surface area contributed by atoms with Crippen molar-refractivity contribution in [3.05, 3.63) is 89.6 Å². The predicted molar refractivity (Wildman–Crippen MR) is 131 cm³/mol. The van der Waals surface area contributed by atoms with Gasteiger partial charge in [0.25, 0.3) is 5.91 Å². The van der Waals surface area contributed by atoms with Crippen LogP contribution in [0.15, 0.2) is 72.9 Å². The van der Waals surface area contributed by atoms with Gasteiger partial charge in [0.2, 0.25) is 5.91 Å². The molecule has 3 aromatic rings. The van der Waals surface area contributed by atoms with E-state index in [9.17, 15) is 9.59 Å². The molecule has 0 saturated heterocycles. The van der Waals surface area contributed by atoms with Crippen LogP contribution >= 0.6 is 0 Å². The van der Waals surface area contributed by atoms with Crippen molar-refractivity contribution in [1.82, 2.24) is 9.88 Å². The summed E-state index contributed by atoms with van der Waals surface area (Å²) in [4.78, 5) is 34.0. The van der Waals surface area contributed by atoms with Crippen LogP contribution in [0, 0.1) is 0 Å². The maximum Gasteiger partial charge on any atom is 0.254 e. The van der Waals surface area contributed by atoms with E-state index in [-0.39, 0.29) is 17.9 Å². The van der Waals surface area contributed by atoms with Crippen molar-refractivity contribution in [3.63, 3.8) is 0 Å². The molecule has 6 heteroatoms. The van der Waals surface area contributed by atoms with Gasteiger partial charge in [-0.3, -0.25) is 9.59 Å². The molecule has 2 atom stereocenters. The highest BCUT2D eigenvalue weighted by molar-refractivity contribution is 6.04. The van der Waals surface area contributed by atoms with Crippen LogP contribution in [-0.2, 0) is 4.79 Å². The Morgan fingerprint density at radius 3 is 2.41 bits per heavy atom. The van der Waals surface area contributed by atoms with E-state index in [2.05, 4.69) is 10.3 Å². The number of pyridine rings is 1. The predicted octanol–water partition coefficient (Wildman–Crippen LogP) is 5.34. The maximum absolute atomic E-state index is 13.9. The van der Waals surface area contributed by atoms with Crippen molar-refractivity contribution in [2.24, 2.45) is 0 Å². The zero-order chi connectivity index (χ0) is 23.5. The van der Waals surface area contributed by atoms with Crippen LogP contribution in [0.2, 0.25) is 0 Å². The number of hydrogen-bond acceptors (Lipinski definition) is 4. The summed E-state index contributed by atoms with van der Waals surface area (Å²) in [6, 6.07) is 20.4. The summed E-state index contributed by atoms with van der Waals surface area (Å²) in [6.45, 7) is 0. The van der Waals surface area contributed by atoms with Gasteiger partial charge >= 0.3 is 0 Å². The number of benzene rings is 2. The molecule has 2 unspecified atom stereocenters. The van der Waals surface area contributed by atoms with Gasteiger partial charge in [0.05, 0.1) is 19.1 Å². The van der Waals surface area contributed by atoms with E-state index >= 15 is 0 Å². The van der Waals surface area contributed by atoms with E-state index in [1.54, 1.807) is 19.4 Å². The van der Waals surface area contributed by atoms with E-state index in [4.69, 9.17) is 4.74 Å². The summed E-state index contributed by atoms with van der Waals surface area (Å²) in [7, 11) is 1.63. The van der Waals surface area contributed by atoms with Gasteiger partial charge in [-0.2, -0.15) is 0 Å². The normalized spacial score (nSPS) is 20.5. The minimum atomic E-state index is -0.564. The number of methoxy groups -OCH3 is 1. The standard InChI is InChI=1S/C28H29N3O3/c1-34-21-16-14-19(15-17-21)26-25(27(32)30-24-13-7-8-18-29-24)22-11-5-6-12-23(22)28(33)31(26)20-9-3-2-4-10-20/h5-8,11-18,20,25-26H,2-4,9-10H2,1H3,(H,29,30,32). The topological polar surface area (TPSA) is 71.5 Å². The fraction of sp³-hybridized carbons (Fsp3) is 0.321. The van der Waals surface area contributed by atoms with Gasteiger partial charge < -0.3 is 15.0 Å². The second-order valence-corrected chi connectivity index (χ2v) is 8.99. The van der Waals surface area contributed by atoms with Crippen molar-refractivity contribution in [2.45, 2.75) is 50.1 Å². The highest BCUT2D eigenvalue weighted by Gasteiger charge is 2.46. The van der Waals surface area contributed by atoms with Crippen LogP contribution < -0.4 is 10.1 Å². The van der Waals surface area contributed by atoms with Crippen molar-refractivity contribution in [2.75, 3.05) is 12.4 Å². The molecular weight excluding hydrogens is 426 g/mol. The second-order valence-electron chi connectivity index (χ2n) is 8.99. The fourth-order valence-electron chi connectivity index (χ4n) is 5.39. The van der Waals surface area contributed by atoms with Crippen molar-refractivity contribution in [3.8, 4) is 5.75 Å². The Balaban J connectivity index is 1.64. The van der Waals surface area contributed by atoms with E-state index in [0.29, 0.717) is 11.4 Å². The third kappa shape index (κ3) is 4.16. The Bertz CT molecular complexity index is 1160. The van der Waals surface area contributed by atoms with Crippen LogP contribution in [0.25, 0.3) is 0 Å². The van der Waals surface area contributed by atoms with Gasteiger partial charge in [0.15, 0.2) is 0 Å². The van der Waals surface area contributed by atoms with E-state index in [1.165, 1.54) is 6.42 Å². The molecule has 1 saturated carbocycles. The minimum Gasteiger partial charge on any atom is -0.497 e. The number of carbonyl (C=O) groups excluding carboxylic acids is 2. The molecule has 34 heavy (non-hydrogen) atoms. The van der Waals surface area contributed by atoms with Crippen LogP contribution in [0.1, 0.15) is 65.5 Å². The van der Waals surface area contributed by atoms with Crippen LogP contribution in [0.3, 0.4) is 0 Å². The molecule has 1 aromatic heterocycles. The lowest BCUT2D eigenvalue weighted by molar-refractivity contribution is -0.119. The number of ether oxygens (including phenoxy) is 1. The Morgan fingerprint density at radius 2 is 1.71 bits per heavy atom. The first kappa shape index (κ1) is 22.1. The van der Waals surface area contributed by atoms with Crippen LogP contribution in [0.5, 0.6) is 5.75 Å². The molecule has 6 nitrogen and oxygen atoms in total. The first-order valence-electron chi connectivity index (χ1n) is 11.9. The highest BCUT2D eigenvalue weighted by atomic mass is 16.5. The molecule has 5 rings (SSSR count). The monoisotopic (exact) mass is 455 g/mol. The summed E-state index contributed by atoms with van der Waals surface area (Å²) in [5, 5.41) is 3.00. The molecule has 2 aromatic carbocycles. The molecular formula is C28H29N3O3. The Morgan fingerprint density at radius 1 is 0.971 bits per heavy atom. The molecule has 1 N–H and O–H groups in total. The third-order valence-electron chi connectivity index (χ3n) is 7.00. The molecule has 2 amide bonds. The Kier molecular flexibility index (Phi) is 6.30. The summed E-state index contributed by atoms with van der Waals surface area (Å²) < 4.78 is 5.36. The quantitative estimate of drug-likeness (QED) is 0.564. The summed E-state index contributed by atoms with van der Waals surface area (Å²) in [5.74, 6) is 0.515. The third-order valence-corrected chi connectivity index (χ3v) is 7.00. The van der Waals surface area contributed by atoms with Gasteiger partial charge in [-0.05, 0) is 54.3 Å². The number of nitrogens with one attached hydrogen (secondary N) is 1. The van der Waals surface area contributed by atoms with Gasteiger partial charge in [0, 0.05) is 17.8 Å². The number of fused-ring (bicyclic) bond motifs is 1. The van der Waals surface area contributed by atoms with Crippen LogP contribution in [0.4, 0.5) is 5.82 Å². The molecule has 174 valence electrons. The van der Waals surface area contributed by atoms with Gasteiger partial charge in [-0.1, -0.05) is 55.7 Å². The van der Waals surface area contributed by atoms with Gasteiger partial charge in [0.1, 0.15) is 11.6 Å². The van der Waals surface area contributed by atoms with Crippen molar-refractivity contribution in [1.29, 1.82) is 0 Å². The Hall–Kier alpha value is -3.67. The number of amides is 2. The van der Waals surface area contributed by atoms with Gasteiger partial charge in [-0.15, -0.1) is 0 Å². The van der Waals surface area contributed by atoms with E-state index in [1.807, 2.05) is 65.6 Å². The first-order chi connectivity index (χ1) is 16.7. The number of nitrogens with zero attached hydrogens (tertiary/aromatic N) is 2. The van der Waals surface area contributed by atoms with Crippen molar-refractivity contribution >= 4 is 17.6 Å². The smallest absolute Gasteiger partial charge is 0.254 e. The highest BCUT2D eigenvalue weighted by Crippen LogP contribution is 2.46. The average Bonchev–Trinajstić information content (AvgIpc) is 2.89. The lowest BCUT2D eigenvalue weighted by Crippen LogP contribution is -2.51. The lowest BCUT2D eigenvalue weighted by atomic mass is 9.77. The van der Waals surface area contributed by atoms with E-state index < -0.39 is 12.0 Å². The number of anilines is 1. The number of hydrogen-bond donors (Lipinski definition) is 1. The molecule has 0 radical (unpaired) electrons. The molecule has 2 aliphatic rings. The minimum absolute atomic E-state index is 0.00482. The van der Waals surface area contributed by atoms with Crippen LogP contribution in [-0.4, -0.2) is 34.8 Å². The molecule has 1 aliphatic heterocycles.